The second kappa shape index (κ2) is 12.4. The number of aromatic carboxylic acids is 1. The molecule has 8 heteroatoms. The lowest BCUT2D eigenvalue weighted by molar-refractivity contribution is -0.138. The first kappa shape index (κ1) is 30.0. The molecule has 1 saturated heterocycles. The predicted octanol–water partition coefficient (Wildman–Crippen LogP) is 8.53. The molecule has 42 heavy (non-hydrogen) atoms. The van der Waals surface area contributed by atoms with Crippen molar-refractivity contribution in [1.29, 1.82) is 0 Å². The van der Waals surface area contributed by atoms with Crippen molar-refractivity contribution in [3.63, 3.8) is 0 Å². The number of carboxylic acid groups (broad SMARTS) is 1. The van der Waals surface area contributed by atoms with E-state index in [0.717, 1.165) is 48.2 Å². The van der Waals surface area contributed by atoms with Crippen LogP contribution in [0.1, 0.15) is 75.0 Å². The largest absolute Gasteiger partial charge is 0.478 e. The quantitative estimate of drug-likeness (QED) is 0.270. The SMILES string of the molecule is Cc1cccc(C2=C(c3ccc(CC4CCN(CCC(F)F)C4)cc3)c3ccc(C(=O)O)cc3CCC2)c1C(F)(F)F. The molecule has 2 aliphatic rings. The Hall–Kier alpha value is -3.52. The normalized spacial score (nSPS) is 17.9. The number of halogens is 5. The van der Waals surface area contributed by atoms with E-state index in [4.69, 9.17) is 0 Å². The van der Waals surface area contributed by atoms with Gasteiger partial charge in [-0.15, -0.1) is 0 Å². The highest BCUT2D eigenvalue weighted by molar-refractivity contribution is 6.01. The van der Waals surface area contributed by atoms with E-state index < -0.39 is 24.1 Å². The maximum Gasteiger partial charge on any atom is 0.417 e. The molecule has 222 valence electrons. The van der Waals surface area contributed by atoms with Crippen LogP contribution in [0.25, 0.3) is 11.1 Å². The molecule has 5 rings (SSSR count). The van der Waals surface area contributed by atoms with E-state index in [0.29, 0.717) is 42.9 Å². The van der Waals surface area contributed by atoms with Gasteiger partial charge in [0.1, 0.15) is 0 Å². The summed E-state index contributed by atoms with van der Waals surface area (Å²) in [6.45, 7) is 3.45. The van der Waals surface area contributed by atoms with Crippen LogP contribution in [0.4, 0.5) is 22.0 Å². The standard InChI is InChI=1S/C34H34F5NO2/c1-21-4-2-7-29(32(21)34(37,38)39)28-6-3-5-25-19-26(33(41)42)12-13-27(25)31(28)24-10-8-22(9-11-24)18-23-14-16-40(20-23)17-15-30(35)36/h2,4,7-13,19,23,30H,3,5-6,14-18,20H2,1H3,(H,41,42). The van der Waals surface area contributed by atoms with Gasteiger partial charge < -0.3 is 10.0 Å². The summed E-state index contributed by atoms with van der Waals surface area (Å²) in [5, 5.41) is 9.57. The fraction of sp³-hybridized carbons (Fsp3) is 0.382. The minimum absolute atomic E-state index is 0.120. The van der Waals surface area contributed by atoms with Crippen molar-refractivity contribution in [2.75, 3.05) is 19.6 Å². The van der Waals surface area contributed by atoms with E-state index in [1.54, 1.807) is 18.2 Å². The monoisotopic (exact) mass is 583 g/mol. The highest BCUT2D eigenvalue weighted by Gasteiger charge is 2.37. The first-order valence-electron chi connectivity index (χ1n) is 14.4. The third-order valence-electron chi connectivity index (χ3n) is 8.48. The summed E-state index contributed by atoms with van der Waals surface area (Å²) < 4.78 is 68.3. The van der Waals surface area contributed by atoms with Gasteiger partial charge in [-0.25, -0.2) is 13.6 Å². The summed E-state index contributed by atoms with van der Waals surface area (Å²) in [6, 6.07) is 17.4. The molecule has 0 radical (unpaired) electrons. The summed E-state index contributed by atoms with van der Waals surface area (Å²) in [4.78, 5) is 13.8. The van der Waals surface area contributed by atoms with Crippen LogP contribution >= 0.6 is 0 Å². The fourth-order valence-electron chi connectivity index (χ4n) is 6.52. The van der Waals surface area contributed by atoms with Crippen LogP contribution in [0.3, 0.4) is 0 Å². The summed E-state index contributed by atoms with van der Waals surface area (Å²) in [5.74, 6) is -0.687. The molecule has 1 aliphatic carbocycles. The van der Waals surface area contributed by atoms with E-state index >= 15 is 0 Å². The van der Waals surface area contributed by atoms with Crippen LogP contribution in [-0.4, -0.2) is 42.0 Å². The maximum absolute atomic E-state index is 14.4. The van der Waals surface area contributed by atoms with E-state index in [1.165, 1.54) is 25.1 Å². The van der Waals surface area contributed by atoms with E-state index in [-0.39, 0.29) is 23.1 Å². The van der Waals surface area contributed by atoms with E-state index in [2.05, 4.69) is 4.90 Å². The zero-order chi connectivity index (χ0) is 30.0. The Morgan fingerprint density at radius 2 is 1.79 bits per heavy atom. The van der Waals surface area contributed by atoms with Gasteiger partial charge in [0.05, 0.1) is 11.1 Å². The number of hydrogen-bond donors (Lipinski definition) is 1. The zero-order valence-corrected chi connectivity index (χ0v) is 23.5. The molecule has 1 fully saturated rings. The molecule has 1 atom stereocenters. The van der Waals surface area contributed by atoms with Crippen molar-refractivity contribution in [3.05, 3.63) is 105 Å². The van der Waals surface area contributed by atoms with Gasteiger partial charge in [0.25, 0.3) is 0 Å². The summed E-state index contributed by atoms with van der Waals surface area (Å²) in [7, 11) is 0. The van der Waals surface area contributed by atoms with E-state index in [1.807, 2.05) is 24.3 Å². The lowest BCUT2D eigenvalue weighted by atomic mass is 9.84. The number of likely N-dealkylation sites (tertiary alicyclic amines) is 1. The topological polar surface area (TPSA) is 40.5 Å². The Labute approximate surface area is 242 Å². The summed E-state index contributed by atoms with van der Waals surface area (Å²) in [5.41, 5.74) is 4.55. The van der Waals surface area contributed by atoms with Crippen LogP contribution in [0.15, 0.2) is 60.7 Å². The van der Waals surface area contributed by atoms with Crippen LogP contribution in [0.5, 0.6) is 0 Å². The number of aryl methyl sites for hydroxylation is 2. The maximum atomic E-state index is 14.4. The molecule has 0 bridgehead atoms. The van der Waals surface area contributed by atoms with Crippen molar-refractivity contribution < 1.29 is 31.9 Å². The number of carboxylic acids is 1. The highest BCUT2D eigenvalue weighted by Crippen LogP contribution is 2.45. The summed E-state index contributed by atoms with van der Waals surface area (Å²) >= 11 is 0. The van der Waals surface area contributed by atoms with Gasteiger partial charge in [0.15, 0.2) is 0 Å². The Morgan fingerprint density at radius 3 is 2.48 bits per heavy atom. The Morgan fingerprint density at radius 1 is 1.02 bits per heavy atom. The van der Waals surface area contributed by atoms with Gasteiger partial charge in [0.2, 0.25) is 6.43 Å². The number of hydrogen-bond acceptors (Lipinski definition) is 2. The van der Waals surface area contributed by atoms with Gasteiger partial charge in [0, 0.05) is 19.5 Å². The number of nitrogens with zero attached hydrogens (tertiary/aromatic N) is 1. The smallest absolute Gasteiger partial charge is 0.417 e. The molecule has 0 saturated carbocycles. The van der Waals surface area contributed by atoms with E-state index in [9.17, 15) is 31.9 Å². The van der Waals surface area contributed by atoms with Gasteiger partial charge in [-0.05, 0) is 108 Å². The lowest BCUT2D eigenvalue weighted by Crippen LogP contribution is -2.23. The number of rotatable bonds is 8. The number of fused-ring (bicyclic) bond motifs is 1. The molecule has 3 aromatic rings. The van der Waals surface area contributed by atoms with Crippen molar-refractivity contribution in [3.8, 4) is 0 Å². The Bertz CT molecular complexity index is 1480. The molecule has 0 spiro atoms. The van der Waals surface area contributed by atoms with Crippen LogP contribution < -0.4 is 0 Å². The molecule has 1 N–H and O–H groups in total. The average Bonchev–Trinajstić information content (AvgIpc) is 3.29. The lowest BCUT2D eigenvalue weighted by Gasteiger charge is -2.21. The van der Waals surface area contributed by atoms with Crippen molar-refractivity contribution in [1.82, 2.24) is 4.90 Å². The average molecular weight is 584 g/mol. The zero-order valence-electron chi connectivity index (χ0n) is 23.5. The number of benzene rings is 3. The first-order valence-corrected chi connectivity index (χ1v) is 14.4. The van der Waals surface area contributed by atoms with Crippen molar-refractivity contribution in [2.45, 2.75) is 58.1 Å². The number of carbonyl (C=O) groups is 1. The van der Waals surface area contributed by atoms with Gasteiger partial charge in [-0.3, -0.25) is 0 Å². The molecular weight excluding hydrogens is 549 g/mol. The van der Waals surface area contributed by atoms with Gasteiger partial charge in [-0.1, -0.05) is 48.5 Å². The predicted molar refractivity (Wildman–Crippen MR) is 154 cm³/mol. The highest BCUT2D eigenvalue weighted by atomic mass is 19.4. The molecule has 1 aliphatic heterocycles. The molecule has 0 amide bonds. The Kier molecular flexibility index (Phi) is 8.83. The van der Waals surface area contributed by atoms with Crippen LogP contribution in [0, 0.1) is 12.8 Å². The third-order valence-corrected chi connectivity index (χ3v) is 8.48. The minimum atomic E-state index is -4.53. The second-order valence-corrected chi connectivity index (χ2v) is 11.4. The molecular formula is C34H34F5NO2. The van der Waals surface area contributed by atoms with Crippen LogP contribution in [-0.2, 0) is 19.0 Å². The number of allylic oxidation sites excluding steroid dienone is 1. The van der Waals surface area contributed by atoms with Crippen molar-refractivity contribution in [2.24, 2.45) is 5.92 Å². The second-order valence-electron chi connectivity index (χ2n) is 11.4. The third kappa shape index (κ3) is 6.59. The molecule has 3 aromatic carbocycles. The molecule has 3 nitrogen and oxygen atoms in total. The molecule has 0 aromatic heterocycles. The first-order chi connectivity index (χ1) is 20.0. The molecule has 1 heterocycles. The van der Waals surface area contributed by atoms with Crippen molar-refractivity contribution >= 4 is 17.1 Å². The van der Waals surface area contributed by atoms with Gasteiger partial charge in [-0.2, -0.15) is 13.2 Å². The Balaban J connectivity index is 1.55. The number of alkyl halides is 5. The fourth-order valence-corrected chi connectivity index (χ4v) is 6.52. The van der Waals surface area contributed by atoms with Gasteiger partial charge >= 0.3 is 12.1 Å². The van der Waals surface area contributed by atoms with Crippen LogP contribution in [0.2, 0.25) is 0 Å². The summed E-state index contributed by atoms with van der Waals surface area (Å²) in [6.07, 6.45) is -3.66. The molecule has 1 unspecified atom stereocenters. The minimum Gasteiger partial charge on any atom is -0.478 e.